The van der Waals surface area contributed by atoms with Crippen LogP contribution < -0.4 is 10.1 Å². The van der Waals surface area contributed by atoms with E-state index in [2.05, 4.69) is 50.4 Å². The second-order valence-electron chi connectivity index (χ2n) is 6.32. The van der Waals surface area contributed by atoms with Crippen molar-refractivity contribution in [3.8, 4) is 5.75 Å². The summed E-state index contributed by atoms with van der Waals surface area (Å²) in [5, 5.41) is 3.47. The third kappa shape index (κ3) is 5.68. The SMILES string of the molecule is CCc1ccc(OCC2CCC(CNCC(C)C)O2)cc1. The Balaban J connectivity index is 1.65. The Morgan fingerprint density at radius 2 is 1.90 bits per heavy atom. The van der Waals surface area contributed by atoms with Gasteiger partial charge in [-0.3, -0.25) is 0 Å². The average Bonchev–Trinajstić information content (AvgIpc) is 2.93. The fourth-order valence-electron chi connectivity index (χ4n) is 2.60. The minimum absolute atomic E-state index is 0.238. The predicted molar refractivity (Wildman–Crippen MR) is 86.9 cm³/mol. The number of nitrogens with one attached hydrogen (secondary N) is 1. The van der Waals surface area contributed by atoms with Gasteiger partial charge >= 0.3 is 0 Å². The second kappa shape index (κ2) is 8.40. The lowest BCUT2D eigenvalue weighted by molar-refractivity contribution is 0.0184. The van der Waals surface area contributed by atoms with Crippen LogP contribution in [0, 0.1) is 5.92 Å². The first kappa shape index (κ1) is 16.3. The Hall–Kier alpha value is -1.06. The highest BCUT2D eigenvalue weighted by molar-refractivity contribution is 5.27. The lowest BCUT2D eigenvalue weighted by Crippen LogP contribution is -2.30. The van der Waals surface area contributed by atoms with E-state index in [1.807, 2.05) is 0 Å². The summed E-state index contributed by atoms with van der Waals surface area (Å²) < 4.78 is 11.9. The lowest BCUT2D eigenvalue weighted by Gasteiger charge is -2.16. The summed E-state index contributed by atoms with van der Waals surface area (Å²) in [7, 11) is 0. The summed E-state index contributed by atoms with van der Waals surface area (Å²) in [4.78, 5) is 0. The third-order valence-electron chi connectivity index (χ3n) is 3.89. The molecule has 0 saturated carbocycles. The van der Waals surface area contributed by atoms with Crippen molar-refractivity contribution in [3.63, 3.8) is 0 Å². The maximum absolute atomic E-state index is 6.02. The molecule has 1 heterocycles. The predicted octanol–water partition coefficient (Wildman–Crippen LogP) is 3.42. The first-order chi connectivity index (χ1) is 10.2. The van der Waals surface area contributed by atoms with Gasteiger partial charge in [-0.1, -0.05) is 32.9 Å². The molecular formula is C18H29NO2. The van der Waals surface area contributed by atoms with Crippen molar-refractivity contribution in [2.45, 2.75) is 52.2 Å². The standard InChI is InChI=1S/C18H29NO2/c1-4-15-5-7-16(8-6-15)20-13-18-10-9-17(21-18)12-19-11-14(2)3/h5-8,14,17-19H,4,9-13H2,1-3H3. The molecule has 1 saturated heterocycles. The first-order valence-corrected chi connectivity index (χ1v) is 8.25. The van der Waals surface area contributed by atoms with E-state index in [0.29, 0.717) is 18.6 Å². The molecule has 3 heteroatoms. The fourth-order valence-corrected chi connectivity index (χ4v) is 2.60. The number of benzene rings is 1. The van der Waals surface area contributed by atoms with Crippen LogP contribution in [0.25, 0.3) is 0 Å². The van der Waals surface area contributed by atoms with Crippen molar-refractivity contribution in [2.24, 2.45) is 5.92 Å². The van der Waals surface area contributed by atoms with Gasteiger partial charge in [-0.05, 0) is 49.4 Å². The van der Waals surface area contributed by atoms with E-state index in [1.165, 1.54) is 5.56 Å². The number of ether oxygens (including phenoxy) is 2. The number of aryl methyl sites for hydroxylation is 1. The molecule has 1 aromatic rings. The molecule has 0 radical (unpaired) electrons. The van der Waals surface area contributed by atoms with Crippen LogP contribution in [0.1, 0.15) is 39.2 Å². The van der Waals surface area contributed by atoms with Gasteiger partial charge in [0, 0.05) is 6.54 Å². The maximum atomic E-state index is 6.02. The average molecular weight is 291 g/mol. The van der Waals surface area contributed by atoms with Crippen LogP contribution in [0.3, 0.4) is 0 Å². The molecule has 1 aromatic carbocycles. The summed E-state index contributed by atoms with van der Waals surface area (Å²) in [5.41, 5.74) is 1.34. The smallest absolute Gasteiger partial charge is 0.119 e. The summed E-state index contributed by atoms with van der Waals surface area (Å²) in [6.07, 6.45) is 3.88. The van der Waals surface area contributed by atoms with Crippen molar-refractivity contribution >= 4 is 0 Å². The molecule has 0 aliphatic carbocycles. The van der Waals surface area contributed by atoms with E-state index in [0.717, 1.165) is 38.1 Å². The zero-order valence-electron chi connectivity index (χ0n) is 13.6. The van der Waals surface area contributed by atoms with E-state index in [-0.39, 0.29) is 6.10 Å². The van der Waals surface area contributed by atoms with Gasteiger partial charge in [0.15, 0.2) is 0 Å². The Bertz CT molecular complexity index is 402. The van der Waals surface area contributed by atoms with E-state index in [1.54, 1.807) is 0 Å². The van der Waals surface area contributed by atoms with Gasteiger partial charge in [-0.2, -0.15) is 0 Å². The highest BCUT2D eigenvalue weighted by Gasteiger charge is 2.25. The summed E-state index contributed by atoms with van der Waals surface area (Å²) in [5.74, 6) is 1.63. The van der Waals surface area contributed by atoms with E-state index < -0.39 is 0 Å². The van der Waals surface area contributed by atoms with Gasteiger partial charge in [0.2, 0.25) is 0 Å². The Morgan fingerprint density at radius 3 is 2.57 bits per heavy atom. The van der Waals surface area contributed by atoms with Crippen molar-refractivity contribution in [1.82, 2.24) is 5.32 Å². The van der Waals surface area contributed by atoms with Crippen LogP contribution >= 0.6 is 0 Å². The molecule has 0 amide bonds. The molecule has 0 bridgehead atoms. The van der Waals surface area contributed by atoms with Crippen molar-refractivity contribution in [1.29, 1.82) is 0 Å². The second-order valence-corrected chi connectivity index (χ2v) is 6.32. The summed E-state index contributed by atoms with van der Waals surface area (Å²) >= 11 is 0. The van der Waals surface area contributed by atoms with Crippen LogP contribution in [0.2, 0.25) is 0 Å². The van der Waals surface area contributed by atoms with Gasteiger partial charge < -0.3 is 14.8 Å². The number of hydrogen-bond acceptors (Lipinski definition) is 3. The Kier molecular flexibility index (Phi) is 6.52. The van der Waals surface area contributed by atoms with Crippen LogP contribution in [0.15, 0.2) is 24.3 Å². The van der Waals surface area contributed by atoms with Crippen LogP contribution in [0.4, 0.5) is 0 Å². The first-order valence-electron chi connectivity index (χ1n) is 8.25. The third-order valence-corrected chi connectivity index (χ3v) is 3.89. The largest absolute Gasteiger partial charge is 0.491 e. The van der Waals surface area contributed by atoms with Gasteiger partial charge in [-0.15, -0.1) is 0 Å². The van der Waals surface area contributed by atoms with Crippen molar-refractivity contribution in [2.75, 3.05) is 19.7 Å². The monoisotopic (exact) mass is 291 g/mol. The van der Waals surface area contributed by atoms with Gasteiger partial charge in [-0.25, -0.2) is 0 Å². The summed E-state index contributed by atoms with van der Waals surface area (Å²) in [6.45, 7) is 9.29. The molecule has 1 aliphatic heterocycles. The van der Waals surface area contributed by atoms with Crippen molar-refractivity contribution < 1.29 is 9.47 Å². The molecular weight excluding hydrogens is 262 g/mol. The lowest BCUT2D eigenvalue weighted by atomic mass is 10.1. The number of hydrogen-bond donors (Lipinski definition) is 1. The van der Waals surface area contributed by atoms with Crippen LogP contribution in [-0.2, 0) is 11.2 Å². The molecule has 1 aliphatic rings. The van der Waals surface area contributed by atoms with Crippen LogP contribution in [0.5, 0.6) is 5.75 Å². The molecule has 1 N–H and O–H groups in total. The normalized spacial score (nSPS) is 21.9. The molecule has 2 unspecified atom stereocenters. The van der Waals surface area contributed by atoms with E-state index in [9.17, 15) is 0 Å². The molecule has 3 nitrogen and oxygen atoms in total. The van der Waals surface area contributed by atoms with Crippen LogP contribution in [-0.4, -0.2) is 31.9 Å². The fraction of sp³-hybridized carbons (Fsp3) is 0.667. The van der Waals surface area contributed by atoms with E-state index >= 15 is 0 Å². The molecule has 0 spiro atoms. The van der Waals surface area contributed by atoms with Gasteiger partial charge in [0.05, 0.1) is 12.2 Å². The van der Waals surface area contributed by atoms with Gasteiger partial charge in [0.25, 0.3) is 0 Å². The number of rotatable bonds is 8. The van der Waals surface area contributed by atoms with Gasteiger partial charge in [0.1, 0.15) is 12.4 Å². The Morgan fingerprint density at radius 1 is 1.19 bits per heavy atom. The van der Waals surface area contributed by atoms with Crippen molar-refractivity contribution in [3.05, 3.63) is 29.8 Å². The molecule has 2 rings (SSSR count). The maximum Gasteiger partial charge on any atom is 0.119 e. The summed E-state index contributed by atoms with van der Waals surface area (Å²) in [6, 6.07) is 8.36. The zero-order chi connectivity index (χ0) is 15.1. The topological polar surface area (TPSA) is 30.5 Å². The highest BCUT2D eigenvalue weighted by atomic mass is 16.5. The Labute approximate surface area is 129 Å². The minimum atomic E-state index is 0.238. The highest BCUT2D eigenvalue weighted by Crippen LogP contribution is 2.21. The molecule has 0 aromatic heterocycles. The zero-order valence-corrected chi connectivity index (χ0v) is 13.6. The minimum Gasteiger partial charge on any atom is -0.491 e. The molecule has 2 atom stereocenters. The quantitative estimate of drug-likeness (QED) is 0.796. The van der Waals surface area contributed by atoms with E-state index in [4.69, 9.17) is 9.47 Å². The molecule has 1 fully saturated rings. The molecule has 21 heavy (non-hydrogen) atoms. The molecule has 118 valence electrons.